The molecular formula is C16H13F3O2. The molecule has 2 aromatic carbocycles. The summed E-state index contributed by atoms with van der Waals surface area (Å²) in [5.41, 5.74) is 0.0797. The standard InChI is InChI=1S/C16H13F3O2/c1-11(20)14-7-2-3-8-15(14)21-10-12-5-4-6-13(9-12)16(17,18)19/h2-9H,10H2,1H3. The van der Waals surface area contributed by atoms with Crippen LogP contribution in [-0.2, 0) is 12.8 Å². The summed E-state index contributed by atoms with van der Waals surface area (Å²) in [5, 5.41) is 0. The number of alkyl halides is 3. The van der Waals surface area contributed by atoms with Crippen LogP contribution in [0.5, 0.6) is 5.75 Å². The van der Waals surface area contributed by atoms with Crippen molar-refractivity contribution in [3.8, 4) is 5.75 Å². The van der Waals surface area contributed by atoms with Crippen LogP contribution in [0.25, 0.3) is 0 Å². The maximum atomic E-state index is 12.6. The Morgan fingerprint density at radius 2 is 1.81 bits per heavy atom. The molecule has 2 aromatic rings. The van der Waals surface area contributed by atoms with E-state index in [2.05, 4.69) is 0 Å². The van der Waals surface area contributed by atoms with Crippen molar-refractivity contribution in [1.29, 1.82) is 0 Å². The van der Waals surface area contributed by atoms with E-state index in [-0.39, 0.29) is 12.4 Å². The van der Waals surface area contributed by atoms with Crippen LogP contribution in [0.2, 0.25) is 0 Å². The fourth-order valence-corrected chi connectivity index (χ4v) is 1.88. The van der Waals surface area contributed by atoms with Crippen LogP contribution in [0.3, 0.4) is 0 Å². The van der Waals surface area contributed by atoms with E-state index in [1.807, 2.05) is 0 Å². The Labute approximate surface area is 120 Å². The lowest BCUT2D eigenvalue weighted by Crippen LogP contribution is -2.06. The number of rotatable bonds is 4. The van der Waals surface area contributed by atoms with Gasteiger partial charge in [0.05, 0.1) is 11.1 Å². The Morgan fingerprint density at radius 3 is 2.48 bits per heavy atom. The van der Waals surface area contributed by atoms with Crippen LogP contribution >= 0.6 is 0 Å². The van der Waals surface area contributed by atoms with E-state index in [1.165, 1.54) is 13.0 Å². The first-order chi connectivity index (χ1) is 9.88. The highest BCUT2D eigenvalue weighted by Gasteiger charge is 2.30. The number of halogens is 3. The molecule has 0 radical (unpaired) electrons. The van der Waals surface area contributed by atoms with Crippen molar-refractivity contribution in [2.24, 2.45) is 0 Å². The lowest BCUT2D eigenvalue weighted by atomic mass is 10.1. The quantitative estimate of drug-likeness (QED) is 0.777. The molecule has 2 rings (SSSR count). The zero-order chi connectivity index (χ0) is 15.5. The van der Waals surface area contributed by atoms with E-state index in [0.717, 1.165) is 12.1 Å². The first-order valence-corrected chi connectivity index (χ1v) is 6.27. The predicted molar refractivity (Wildman–Crippen MR) is 72.2 cm³/mol. The molecule has 0 unspecified atom stereocenters. The summed E-state index contributed by atoms with van der Waals surface area (Å²) in [7, 11) is 0. The summed E-state index contributed by atoms with van der Waals surface area (Å²) in [6.07, 6.45) is -4.38. The predicted octanol–water partition coefficient (Wildman–Crippen LogP) is 4.49. The van der Waals surface area contributed by atoms with Gasteiger partial charge in [0, 0.05) is 0 Å². The van der Waals surface area contributed by atoms with Gasteiger partial charge in [-0.1, -0.05) is 24.3 Å². The first-order valence-electron chi connectivity index (χ1n) is 6.27. The molecule has 2 nitrogen and oxygen atoms in total. The highest BCUT2D eigenvalue weighted by atomic mass is 19.4. The van der Waals surface area contributed by atoms with Gasteiger partial charge < -0.3 is 4.74 Å². The second kappa shape index (κ2) is 5.99. The third-order valence-electron chi connectivity index (χ3n) is 2.92. The molecule has 0 saturated heterocycles. The van der Waals surface area contributed by atoms with Crippen LogP contribution in [-0.4, -0.2) is 5.78 Å². The number of ketones is 1. The molecule has 0 fully saturated rings. The monoisotopic (exact) mass is 294 g/mol. The Balaban J connectivity index is 2.16. The summed E-state index contributed by atoms with van der Waals surface area (Å²) in [4.78, 5) is 11.4. The summed E-state index contributed by atoms with van der Waals surface area (Å²) in [5.74, 6) is 0.206. The van der Waals surface area contributed by atoms with Gasteiger partial charge >= 0.3 is 6.18 Å². The van der Waals surface area contributed by atoms with Gasteiger partial charge in [-0.15, -0.1) is 0 Å². The van der Waals surface area contributed by atoms with Gasteiger partial charge in [0.15, 0.2) is 5.78 Å². The van der Waals surface area contributed by atoms with Crippen molar-refractivity contribution in [3.05, 3.63) is 65.2 Å². The van der Waals surface area contributed by atoms with Crippen LogP contribution < -0.4 is 4.74 Å². The molecule has 21 heavy (non-hydrogen) atoms. The number of hydrogen-bond acceptors (Lipinski definition) is 2. The molecule has 0 saturated carbocycles. The number of ether oxygens (including phenoxy) is 1. The van der Waals surface area contributed by atoms with Crippen molar-refractivity contribution in [2.75, 3.05) is 0 Å². The molecule has 0 N–H and O–H groups in total. The molecule has 0 atom stereocenters. The van der Waals surface area contributed by atoms with Crippen molar-refractivity contribution in [3.63, 3.8) is 0 Å². The number of hydrogen-bond donors (Lipinski definition) is 0. The summed E-state index contributed by atoms with van der Waals surface area (Å²) >= 11 is 0. The van der Waals surface area contributed by atoms with Crippen LogP contribution in [0.15, 0.2) is 48.5 Å². The van der Waals surface area contributed by atoms with Crippen molar-refractivity contribution in [2.45, 2.75) is 19.7 Å². The molecule has 0 bridgehead atoms. The first kappa shape index (κ1) is 15.1. The molecule has 0 heterocycles. The average Bonchev–Trinajstić information content (AvgIpc) is 2.45. The van der Waals surface area contributed by atoms with Gasteiger partial charge in [-0.3, -0.25) is 4.79 Å². The maximum absolute atomic E-state index is 12.6. The largest absolute Gasteiger partial charge is 0.488 e. The van der Waals surface area contributed by atoms with Crippen LogP contribution in [0.4, 0.5) is 13.2 Å². The van der Waals surface area contributed by atoms with E-state index in [1.54, 1.807) is 30.3 Å². The molecular weight excluding hydrogens is 281 g/mol. The molecule has 110 valence electrons. The Kier molecular flexibility index (Phi) is 4.31. The average molecular weight is 294 g/mol. The lowest BCUT2D eigenvalue weighted by Gasteiger charge is -2.11. The molecule has 0 aromatic heterocycles. The van der Waals surface area contributed by atoms with Gasteiger partial charge in [0.25, 0.3) is 0 Å². The van der Waals surface area contributed by atoms with Crippen molar-refractivity contribution < 1.29 is 22.7 Å². The van der Waals surface area contributed by atoms with Crippen molar-refractivity contribution >= 4 is 5.78 Å². The van der Waals surface area contributed by atoms with E-state index >= 15 is 0 Å². The second-order valence-electron chi connectivity index (χ2n) is 4.54. The summed E-state index contributed by atoms with van der Waals surface area (Å²) in [6.45, 7) is 1.38. The van der Waals surface area contributed by atoms with E-state index in [9.17, 15) is 18.0 Å². The number of carbonyl (C=O) groups is 1. The highest BCUT2D eigenvalue weighted by molar-refractivity contribution is 5.96. The minimum atomic E-state index is -4.38. The minimum absolute atomic E-state index is 0.0335. The Bertz CT molecular complexity index is 648. The lowest BCUT2D eigenvalue weighted by molar-refractivity contribution is -0.137. The SMILES string of the molecule is CC(=O)c1ccccc1OCc1cccc(C(F)(F)F)c1. The van der Waals surface area contributed by atoms with Crippen LogP contribution in [0.1, 0.15) is 28.4 Å². The number of benzene rings is 2. The smallest absolute Gasteiger partial charge is 0.416 e. The fourth-order valence-electron chi connectivity index (χ4n) is 1.88. The number of carbonyl (C=O) groups excluding carboxylic acids is 1. The third-order valence-corrected chi connectivity index (χ3v) is 2.92. The van der Waals surface area contributed by atoms with Gasteiger partial charge in [0.1, 0.15) is 12.4 Å². The number of para-hydroxylation sites is 1. The molecule has 0 aliphatic heterocycles. The third kappa shape index (κ3) is 3.84. The Morgan fingerprint density at radius 1 is 1.10 bits per heavy atom. The summed E-state index contributed by atoms with van der Waals surface area (Å²) in [6, 6.07) is 11.6. The van der Waals surface area contributed by atoms with E-state index in [4.69, 9.17) is 4.74 Å². The van der Waals surface area contributed by atoms with Crippen LogP contribution in [0, 0.1) is 0 Å². The zero-order valence-electron chi connectivity index (χ0n) is 11.3. The maximum Gasteiger partial charge on any atom is 0.416 e. The molecule has 0 aliphatic rings. The number of Topliss-reactive ketones (excluding diaryl/α,β-unsaturated/α-hetero) is 1. The topological polar surface area (TPSA) is 26.3 Å². The van der Waals surface area contributed by atoms with Gasteiger partial charge in [0.2, 0.25) is 0 Å². The molecule has 5 heteroatoms. The van der Waals surface area contributed by atoms with Crippen molar-refractivity contribution in [1.82, 2.24) is 0 Å². The van der Waals surface area contributed by atoms with Gasteiger partial charge in [-0.05, 0) is 36.8 Å². The summed E-state index contributed by atoms with van der Waals surface area (Å²) < 4.78 is 43.3. The highest BCUT2D eigenvalue weighted by Crippen LogP contribution is 2.30. The zero-order valence-corrected chi connectivity index (χ0v) is 11.3. The Hall–Kier alpha value is -2.30. The second-order valence-corrected chi connectivity index (χ2v) is 4.54. The molecule has 0 spiro atoms. The van der Waals surface area contributed by atoms with Gasteiger partial charge in [-0.2, -0.15) is 13.2 Å². The van der Waals surface area contributed by atoms with E-state index in [0.29, 0.717) is 16.9 Å². The molecule has 0 amide bonds. The molecule has 0 aliphatic carbocycles. The van der Waals surface area contributed by atoms with Gasteiger partial charge in [-0.25, -0.2) is 0 Å². The minimum Gasteiger partial charge on any atom is -0.488 e. The fraction of sp³-hybridized carbons (Fsp3) is 0.188. The normalized spacial score (nSPS) is 11.2. The van der Waals surface area contributed by atoms with E-state index < -0.39 is 11.7 Å².